The Bertz CT molecular complexity index is 450. The van der Waals surface area contributed by atoms with Crippen LogP contribution in [0.5, 0.6) is 0 Å². The Labute approximate surface area is 108 Å². The molecule has 0 saturated heterocycles. The first-order chi connectivity index (χ1) is 8.79. The van der Waals surface area contributed by atoms with Crippen molar-refractivity contribution >= 4 is 11.9 Å². The van der Waals surface area contributed by atoms with Gasteiger partial charge in [-0.05, 0) is 12.5 Å². The second kappa shape index (κ2) is 7.32. The van der Waals surface area contributed by atoms with E-state index in [1.165, 1.54) is 5.56 Å². The molecule has 18 heavy (non-hydrogen) atoms. The van der Waals surface area contributed by atoms with Gasteiger partial charge in [0, 0.05) is 13.1 Å². The van der Waals surface area contributed by atoms with E-state index in [-0.39, 0.29) is 0 Å². The quantitative estimate of drug-likeness (QED) is 0.871. The molecule has 0 atom stereocenters. The van der Waals surface area contributed by atoms with Crippen LogP contribution in [-0.4, -0.2) is 14.8 Å². The van der Waals surface area contributed by atoms with Crippen molar-refractivity contribution in [1.29, 1.82) is 0 Å². The van der Waals surface area contributed by atoms with Crippen molar-refractivity contribution in [2.24, 2.45) is 0 Å². The molecule has 0 bridgehead atoms. The summed E-state index contributed by atoms with van der Waals surface area (Å²) >= 11 is 0. The van der Waals surface area contributed by atoms with Crippen LogP contribution in [0.25, 0.3) is 0 Å². The Balaban J connectivity index is 0.000000771. The highest BCUT2D eigenvalue weighted by Crippen LogP contribution is 2.08. The second-order valence-corrected chi connectivity index (χ2v) is 3.45. The van der Waals surface area contributed by atoms with Gasteiger partial charge in [0.25, 0.3) is 0 Å². The first-order valence-corrected chi connectivity index (χ1v) is 6.27. The maximum absolute atomic E-state index is 5.54. The topological polar surface area (TPSA) is 68.8 Å². The molecule has 1 aromatic heterocycles. The van der Waals surface area contributed by atoms with E-state index in [0.29, 0.717) is 11.9 Å². The van der Waals surface area contributed by atoms with Crippen LogP contribution in [0.3, 0.4) is 0 Å². The summed E-state index contributed by atoms with van der Waals surface area (Å²) in [6.45, 7) is 7.47. The van der Waals surface area contributed by atoms with Crippen LogP contribution in [0.15, 0.2) is 30.3 Å². The van der Waals surface area contributed by atoms with Gasteiger partial charge in [-0.15, -0.1) is 5.10 Å². The summed E-state index contributed by atoms with van der Waals surface area (Å²) in [5, 5.41) is 7.27. The third-order valence-electron chi connectivity index (χ3n) is 2.28. The predicted molar refractivity (Wildman–Crippen MR) is 75.2 cm³/mol. The molecule has 0 fully saturated rings. The van der Waals surface area contributed by atoms with Crippen LogP contribution in [0.1, 0.15) is 26.3 Å². The highest BCUT2D eigenvalue weighted by molar-refractivity contribution is 5.33. The number of rotatable bonds is 4. The van der Waals surface area contributed by atoms with Gasteiger partial charge in [0.15, 0.2) is 0 Å². The Morgan fingerprint density at radius 2 is 1.89 bits per heavy atom. The average molecular weight is 247 g/mol. The largest absolute Gasteiger partial charge is 0.366 e. The van der Waals surface area contributed by atoms with Gasteiger partial charge in [-0.25, -0.2) is 4.68 Å². The fraction of sp³-hybridized carbons (Fsp3) is 0.385. The molecule has 0 aliphatic heterocycles. The Morgan fingerprint density at radius 1 is 1.22 bits per heavy atom. The van der Waals surface area contributed by atoms with Gasteiger partial charge in [0.2, 0.25) is 11.9 Å². The molecule has 2 rings (SSSR count). The number of benzene rings is 1. The van der Waals surface area contributed by atoms with E-state index in [0.717, 1.165) is 13.1 Å². The van der Waals surface area contributed by atoms with Gasteiger partial charge < -0.3 is 11.1 Å². The third-order valence-corrected chi connectivity index (χ3v) is 2.28. The smallest absolute Gasteiger partial charge is 0.241 e. The zero-order valence-corrected chi connectivity index (χ0v) is 11.2. The number of hydrogen-bond acceptors (Lipinski definition) is 4. The number of aromatic nitrogens is 3. The zero-order chi connectivity index (χ0) is 13.4. The lowest BCUT2D eigenvalue weighted by Gasteiger charge is -2.05. The molecule has 3 N–H and O–H groups in total. The van der Waals surface area contributed by atoms with Crippen molar-refractivity contribution < 1.29 is 0 Å². The van der Waals surface area contributed by atoms with Crippen LogP contribution in [0.2, 0.25) is 0 Å². The van der Waals surface area contributed by atoms with Crippen LogP contribution in [-0.2, 0) is 13.1 Å². The molecule has 0 radical (unpaired) electrons. The summed E-state index contributed by atoms with van der Waals surface area (Å²) in [6, 6.07) is 10.1. The number of anilines is 2. The van der Waals surface area contributed by atoms with Gasteiger partial charge in [-0.3, -0.25) is 0 Å². The number of hydrogen-bond donors (Lipinski definition) is 2. The fourth-order valence-electron chi connectivity index (χ4n) is 1.49. The van der Waals surface area contributed by atoms with E-state index in [9.17, 15) is 0 Å². The molecular weight excluding hydrogens is 226 g/mol. The Kier molecular flexibility index (Phi) is 5.70. The van der Waals surface area contributed by atoms with Gasteiger partial charge in [-0.2, -0.15) is 4.98 Å². The lowest BCUT2D eigenvalue weighted by molar-refractivity contribution is 0.665. The van der Waals surface area contributed by atoms with Crippen molar-refractivity contribution in [2.45, 2.75) is 33.9 Å². The number of nitrogens with one attached hydrogen (secondary N) is 1. The van der Waals surface area contributed by atoms with Crippen molar-refractivity contribution in [3.63, 3.8) is 0 Å². The average Bonchev–Trinajstić information content (AvgIpc) is 2.80. The first kappa shape index (κ1) is 14.0. The molecule has 1 heterocycles. The SMILES string of the molecule is CC.CCn1nc(N)nc1NCc1ccccc1. The molecule has 0 saturated carbocycles. The number of aryl methyl sites for hydroxylation is 1. The van der Waals surface area contributed by atoms with E-state index < -0.39 is 0 Å². The highest BCUT2D eigenvalue weighted by Gasteiger charge is 2.04. The second-order valence-electron chi connectivity index (χ2n) is 3.45. The molecule has 5 heteroatoms. The molecule has 0 aliphatic carbocycles. The van der Waals surface area contributed by atoms with Gasteiger partial charge in [0.05, 0.1) is 0 Å². The molecule has 1 aromatic carbocycles. The number of nitrogens with zero attached hydrogens (tertiary/aromatic N) is 3. The minimum absolute atomic E-state index is 0.303. The van der Waals surface area contributed by atoms with Gasteiger partial charge in [-0.1, -0.05) is 44.2 Å². The summed E-state index contributed by atoms with van der Waals surface area (Å²) < 4.78 is 1.75. The maximum Gasteiger partial charge on any atom is 0.241 e. The highest BCUT2D eigenvalue weighted by atomic mass is 15.4. The maximum atomic E-state index is 5.54. The van der Waals surface area contributed by atoms with Gasteiger partial charge >= 0.3 is 0 Å². The normalized spacial score (nSPS) is 9.50. The monoisotopic (exact) mass is 247 g/mol. The summed E-state index contributed by atoms with van der Waals surface area (Å²) in [5.74, 6) is 1.02. The molecule has 5 nitrogen and oxygen atoms in total. The summed E-state index contributed by atoms with van der Waals surface area (Å²) in [5.41, 5.74) is 6.74. The molecule has 0 amide bonds. The van der Waals surface area contributed by atoms with Crippen LogP contribution >= 0.6 is 0 Å². The zero-order valence-electron chi connectivity index (χ0n) is 11.2. The molecule has 0 spiro atoms. The van der Waals surface area contributed by atoms with Crippen LogP contribution < -0.4 is 11.1 Å². The molecule has 98 valence electrons. The third kappa shape index (κ3) is 3.76. The standard InChI is InChI=1S/C11H15N5.C2H6/c1-2-16-11(14-10(12)15-16)13-8-9-6-4-3-5-7-9;1-2/h3-7H,2,8H2,1H3,(H3,12,13,14,15);1-2H3. The Morgan fingerprint density at radius 3 is 2.50 bits per heavy atom. The van der Waals surface area contributed by atoms with E-state index in [2.05, 4.69) is 27.5 Å². The molecule has 0 aliphatic rings. The Hall–Kier alpha value is -2.04. The van der Waals surface area contributed by atoms with Gasteiger partial charge in [0.1, 0.15) is 0 Å². The molecule has 2 aromatic rings. The van der Waals surface area contributed by atoms with E-state index in [1.54, 1.807) is 4.68 Å². The molecular formula is C13H21N5. The molecule has 0 unspecified atom stereocenters. The van der Waals surface area contributed by atoms with E-state index in [4.69, 9.17) is 5.73 Å². The van der Waals surface area contributed by atoms with E-state index >= 15 is 0 Å². The van der Waals surface area contributed by atoms with Crippen LogP contribution in [0.4, 0.5) is 11.9 Å². The summed E-state index contributed by atoms with van der Waals surface area (Å²) in [6.07, 6.45) is 0. The summed E-state index contributed by atoms with van der Waals surface area (Å²) in [4.78, 5) is 4.12. The van der Waals surface area contributed by atoms with Crippen molar-refractivity contribution in [3.05, 3.63) is 35.9 Å². The number of nitrogen functional groups attached to an aromatic ring is 1. The lowest BCUT2D eigenvalue weighted by Crippen LogP contribution is -2.07. The fourth-order valence-corrected chi connectivity index (χ4v) is 1.49. The minimum Gasteiger partial charge on any atom is -0.366 e. The minimum atomic E-state index is 0.303. The first-order valence-electron chi connectivity index (χ1n) is 6.27. The lowest BCUT2D eigenvalue weighted by atomic mass is 10.2. The predicted octanol–water partition coefficient (Wildman–Crippen LogP) is 2.52. The van der Waals surface area contributed by atoms with Crippen LogP contribution in [0, 0.1) is 0 Å². The number of nitrogens with two attached hydrogens (primary N) is 1. The van der Waals surface area contributed by atoms with E-state index in [1.807, 2.05) is 39.0 Å². The van der Waals surface area contributed by atoms with Crippen molar-refractivity contribution in [2.75, 3.05) is 11.1 Å². The van der Waals surface area contributed by atoms with Crippen molar-refractivity contribution in [3.8, 4) is 0 Å². The van der Waals surface area contributed by atoms with Crippen molar-refractivity contribution in [1.82, 2.24) is 14.8 Å². The summed E-state index contributed by atoms with van der Waals surface area (Å²) in [7, 11) is 0.